The number of aromatic nitrogens is 1. The molecule has 0 bridgehead atoms. The molecule has 4 nitrogen and oxygen atoms in total. The van der Waals surface area contributed by atoms with Gasteiger partial charge < -0.3 is 9.64 Å². The fourth-order valence-corrected chi connectivity index (χ4v) is 4.10. The first-order valence-corrected chi connectivity index (χ1v) is 9.24. The average molecular weight is 349 g/mol. The molecule has 0 radical (unpaired) electrons. The maximum atomic E-state index is 7.18. The fourth-order valence-electron chi connectivity index (χ4n) is 3.12. The Hall–Kier alpha value is -2.42. The number of nitrogens with zero attached hydrogens (tertiary/aromatic N) is 3. The predicted octanol–water partition coefficient (Wildman–Crippen LogP) is 4.58. The molecule has 0 N–H and O–H groups in total. The van der Waals surface area contributed by atoms with E-state index in [1.807, 2.05) is 18.2 Å². The molecule has 0 saturated carbocycles. The number of anilines is 1. The number of rotatable bonds is 3. The normalized spacial score (nSPS) is 14.6. The fraction of sp³-hybridized carbons (Fsp3) is 0.300. The number of fused-ring (bicyclic) bond motifs is 1. The molecule has 0 unspecified atom stereocenters. The Morgan fingerprint density at radius 2 is 1.96 bits per heavy atom. The lowest BCUT2D eigenvalue weighted by molar-refractivity contribution is 0.122. The van der Waals surface area contributed by atoms with Crippen molar-refractivity contribution in [3.8, 4) is 0 Å². The van der Waals surface area contributed by atoms with Crippen LogP contribution >= 0.6 is 11.3 Å². The Balaban J connectivity index is 1.60. The molecule has 3 aromatic rings. The molecule has 4 rings (SSSR count). The summed E-state index contributed by atoms with van der Waals surface area (Å²) in [6.45, 7) is 12.7. The zero-order valence-electron chi connectivity index (χ0n) is 14.2. The van der Waals surface area contributed by atoms with Crippen molar-refractivity contribution in [2.45, 2.75) is 13.3 Å². The molecular weight excluding hydrogens is 330 g/mol. The molecule has 25 heavy (non-hydrogen) atoms. The summed E-state index contributed by atoms with van der Waals surface area (Å²) in [6, 6.07) is 12.3. The Kier molecular flexibility index (Phi) is 4.39. The standard InChI is InChI=1S/C20H19N3OS/c1-14-19(22-20(25-14)23-7-9-24-10-8-23)12-15-3-4-16-5-6-18(21-2)13-17(16)11-15/h3-6,11,13H,7-10,12H2,1H3. The third-order valence-electron chi connectivity index (χ3n) is 4.55. The van der Waals surface area contributed by atoms with Crippen molar-refractivity contribution in [1.29, 1.82) is 0 Å². The van der Waals surface area contributed by atoms with Gasteiger partial charge in [-0.05, 0) is 29.3 Å². The van der Waals surface area contributed by atoms with Gasteiger partial charge in [-0.3, -0.25) is 0 Å². The summed E-state index contributed by atoms with van der Waals surface area (Å²) in [4.78, 5) is 12.0. The van der Waals surface area contributed by atoms with Crippen LogP contribution in [0, 0.1) is 13.5 Å². The van der Waals surface area contributed by atoms with E-state index in [9.17, 15) is 0 Å². The van der Waals surface area contributed by atoms with Gasteiger partial charge in [-0.2, -0.15) is 0 Å². The Morgan fingerprint density at radius 1 is 1.16 bits per heavy atom. The summed E-state index contributed by atoms with van der Waals surface area (Å²) in [7, 11) is 0. The Morgan fingerprint density at radius 3 is 2.76 bits per heavy atom. The molecule has 1 aliphatic heterocycles. The van der Waals surface area contributed by atoms with Gasteiger partial charge in [0, 0.05) is 24.4 Å². The number of thiazole rings is 1. The van der Waals surface area contributed by atoms with Crippen LogP contribution < -0.4 is 4.90 Å². The first-order chi connectivity index (χ1) is 12.2. The summed E-state index contributed by atoms with van der Waals surface area (Å²) in [5.41, 5.74) is 3.06. The lowest BCUT2D eigenvalue weighted by Crippen LogP contribution is -2.36. The van der Waals surface area contributed by atoms with E-state index in [2.05, 4.69) is 34.9 Å². The van der Waals surface area contributed by atoms with Crippen molar-refractivity contribution in [2.24, 2.45) is 0 Å². The highest BCUT2D eigenvalue weighted by atomic mass is 32.1. The molecule has 126 valence electrons. The van der Waals surface area contributed by atoms with Gasteiger partial charge in [-0.1, -0.05) is 30.3 Å². The molecule has 2 aromatic carbocycles. The van der Waals surface area contributed by atoms with E-state index in [0.29, 0.717) is 5.69 Å². The number of aryl methyl sites for hydroxylation is 1. The second kappa shape index (κ2) is 6.83. The molecule has 5 heteroatoms. The quantitative estimate of drug-likeness (QED) is 0.648. The summed E-state index contributed by atoms with van der Waals surface area (Å²) in [6.07, 6.45) is 0.824. The Labute approximate surface area is 151 Å². The van der Waals surface area contributed by atoms with E-state index in [1.54, 1.807) is 11.3 Å². The van der Waals surface area contributed by atoms with E-state index < -0.39 is 0 Å². The summed E-state index contributed by atoms with van der Waals surface area (Å²) < 4.78 is 5.43. The molecule has 1 aliphatic rings. The van der Waals surface area contributed by atoms with E-state index in [1.165, 1.54) is 15.8 Å². The molecule has 0 aliphatic carbocycles. The number of benzene rings is 2. The van der Waals surface area contributed by atoms with Gasteiger partial charge in [-0.25, -0.2) is 9.83 Å². The van der Waals surface area contributed by atoms with Crippen molar-refractivity contribution in [2.75, 3.05) is 31.2 Å². The predicted molar refractivity (Wildman–Crippen MR) is 103 cm³/mol. The van der Waals surface area contributed by atoms with Crippen LogP contribution in [-0.2, 0) is 11.2 Å². The topological polar surface area (TPSA) is 29.7 Å². The smallest absolute Gasteiger partial charge is 0.187 e. The largest absolute Gasteiger partial charge is 0.378 e. The second-order valence-corrected chi connectivity index (χ2v) is 7.43. The molecule has 0 amide bonds. The molecule has 1 fully saturated rings. The second-order valence-electron chi connectivity index (χ2n) is 6.25. The van der Waals surface area contributed by atoms with Gasteiger partial charge in [0.1, 0.15) is 0 Å². The maximum Gasteiger partial charge on any atom is 0.187 e. The Bertz CT molecular complexity index is 951. The first-order valence-electron chi connectivity index (χ1n) is 8.42. The van der Waals surface area contributed by atoms with Crippen LogP contribution in [-0.4, -0.2) is 31.3 Å². The van der Waals surface area contributed by atoms with Crippen LogP contribution in [0.15, 0.2) is 36.4 Å². The summed E-state index contributed by atoms with van der Waals surface area (Å²) in [5, 5.41) is 3.39. The van der Waals surface area contributed by atoms with E-state index in [4.69, 9.17) is 16.3 Å². The van der Waals surface area contributed by atoms with E-state index in [0.717, 1.165) is 48.9 Å². The van der Waals surface area contributed by atoms with Crippen LogP contribution in [0.5, 0.6) is 0 Å². The molecule has 0 atom stereocenters. The van der Waals surface area contributed by atoms with Gasteiger partial charge in [0.25, 0.3) is 0 Å². The minimum absolute atomic E-state index is 0.684. The zero-order valence-corrected chi connectivity index (χ0v) is 15.0. The summed E-state index contributed by atoms with van der Waals surface area (Å²) >= 11 is 1.77. The highest BCUT2D eigenvalue weighted by molar-refractivity contribution is 7.15. The third kappa shape index (κ3) is 3.37. The van der Waals surface area contributed by atoms with Gasteiger partial charge in [0.2, 0.25) is 0 Å². The monoisotopic (exact) mass is 349 g/mol. The minimum Gasteiger partial charge on any atom is -0.378 e. The first kappa shape index (κ1) is 16.1. The van der Waals surface area contributed by atoms with Crippen LogP contribution in [0.4, 0.5) is 10.8 Å². The van der Waals surface area contributed by atoms with Crippen molar-refractivity contribution < 1.29 is 4.74 Å². The third-order valence-corrected chi connectivity index (χ3v) is 5.63. The molecule has 0 spiro atoms. The minimum atomic E-state index is 0.684. The van der Waals surface area contributed by atoms with Crippen molar-refractivity contribution in [3.05, 3.63) is 63.9 Å². The van der Waals surface area contributed by atoms with Crippen molar-refractivity contribution in [3.63, 3.8) is 0 Å². The number of hydrogen-bond acceptors (Lipinski definition) is 4. The average Bonchev–Trinajstić information content (AvgIpc) is 3.02. The van der Waals surface area contributed by atoms with E-state index >= 15 is 0 Å². The molecule has 1 saturated heterocycles. The summed E-state index contributed by atoms with van der Waals surface area (Å²) in [5.74, 6) is 0. The number of hydrogen-bond donors (Lipinski definition) is 0. The zero-order chi connectivity index (χ0) is 17.2. The lowest BCUT2D eigenvalue weighted by atomic mass is 10.0. The van der Waals surface area contributed by atoms with Crippen LogP contribution in [0.3, 0.4) is 0 Å². The molecule has 2 heterocycles. The van der Waals surface area contributed by atoms with Crippen LogP contribution in [0.1, 0.15) is 16.1 Å². The molecule has 1 aromatic heterocycles. The van der Waals surface area contributed by atoms with Crippen LogP contribution in [0.2, 0.25) is 0 Å². The number of ether oxygens (including phenoxy) is 1. The maximum absolute atomic E-state index is 7.18. The SMILES string of the molecule is [C-]#[N+]c1ccc2ccc(Cc3nc(N4CCOCC4)sc3C)cc2c1. The molecular formula is C20H19N3OS. The van der Waals surface area contributed by atoms with Gasteiger partial charge in [0.05, 0.1) is 25.5 Å². The van der Waals surface area contributed by atoms with E-state index in [-0.39, 0.29) is 0 Å². The van der Waals surface area contributed by atoms with Gasteiger partial charge >= 0.3 is 0 Å². The highest BCUT2D eigenvalue weighted by Gasteiger charge is 2.17. The van der Waals surface area contributed by atoms with Crippen molar-refractivity contribution in [1.82, 2.24) is 4.98 Å². The van der Waals surface area contributed by atoms with Gasteiger partial charge in [-0.15, -0.1) is 11.3 Å². The van der Waals surface area contributed by atoms with Crippen molar-refractivity contribution >= 4 is 32.9 Å². The lowest BCUT2D eigenvalue weighted by Gasteiger charge is -2.26. The van der Waals surface area contributed by atoms with Gasteiger partial charge in [0.15, 0.2) is 10.8 Å². The highest BCUT2D eigenvalue weighted by Crippen LogP contribution is 2.29. The number of morpholine rings is 1. The van der Waals surface area contributed by atoms with Crippen LogP contribution in [0.25, 0.3) is 15.6 Å².